The van der Waals surface area contributed by atoms with Crippen LogP contribution in [0.25, 0.3) is 0 Å². The SMILES string of the molecule is C[C@@H](OC(=O)c1ccccc1OCc1ccccc1)C(=O)Nc1ccc2c(c1)OCO2. The van der Waals surface area contributed by atoms with Gasteiger partial charge in [0.25, 0.3) is 5.91 Å². The van der Waals surface area contributed by atoms with E-state index in [-0.39, 0.29) is 12.4 Å². The Morgan fingerprint density at radius 1 is 0.968 bits per heavy atom. The number of rotatable bonds is 7. The van der Waals surface area contributed by atoms with Crippen LogP contribution in [0.5, 0.6) is 17.2 Å². The average molecular weight is 419 g/mol. The minimum atomic E-state index is -1.01. The van der Waals surface area contributed by atoms with E-state index in [1.807, 2.05) is 30.3 Å². The molecule has 3 aromatic rings. The first-order valence-corrected chi connectivity index (χ1v) is 9.77. The molecule has 0 bridgehead atoms. The van der Waals surface area contributed by atoms with Crippen LogP contribution in [0.3, 0.4) is 0 Å². The number of anilines is 1. The van der Waals surface area contributed by atoms with Crippen molar-refractivity contribution in [1.29, 1.82) is 0 Å². The molecule has 1 aliphatic rings. The van der Waals surface area contributed by atoms with Gasteiger partial charge in [-0.2, -0.15) is 0 Å². The molecule has 0 aromatic heterocycles. The lowest BCUT2D eigenvalue weighted by molar-refractivity contribution is -0.123. The summed E-state index contributed by atoms with van der Waals surface area (Å²) in [6.07, 6.45) is -1.01. The van der Waals surface area contributed by atoms with Crippen LogP contribution in [0.15, 0.2) is 72.8 Å². The molecule has 1 amide bonds. The largest absolute Gasteiger partial charge is 0.488 e. The molecule has 0 unspecified atom stereocenters. The zero-order valence-corrected chi connectivity index (χ0v) is 16.9. The van der Waals surface area contributed by atoms with Crippen molar-refractivity contribution in [1.82, 2.24) is 0 Å². The number of esters is 1. The summed E-state index contributed by atoms with van der Waals surface area (Å²) in [6.45, 7) is 1.96. The summed E-state index contributed by atoms with van der Waals surface area (Å²) in [5.41, 5.74) is 1.74. The quantitative estimate of drug-likeness (QED) is 0.579. The van der Waals surface area contributed by atoms with E-state index in [2.05, 4.69) is 5.32 Å². The van der Waals surface area contributed by atoms with Gasteiger partial charge in [-0.3, -0.25) is 4.79 Å². The van der Waals surface area contributed by atoms with Gasteiger partial charge < -0.3 is 24.3 Å². The van der Waals surface area contributed by atoms with E-state index in [4.69, 9.17) is 18.9 Å². The van der Waals surface area contributed by atoms with Crippen molar-refractivity contribution in [2.75, 3.05) is 12.1 Å². The third-order valence-corrected chi connectivity index (χ3v) is 4.64. The van der Waals surface area contributed by atoms with Crippen molar-refractivity contribution in [2.45, 2.75) is 19.6 Å². The maximum atomic E-state index is 12.7. The van der Waals surface area contributed by atoms with Crippen LogP contribution in [-0.2, 0) is 16.1 Å². The summed E-state index contributed by atoms with van der Waals surface area (Å²) in [7, 11) is 0. The van der Waals surface area contributed by atoms with Crippen LogP contribution in [0.1, 0.15) is 22.8 Å². The molecular formula is C24H21NO6. The fourth-order valence-corrected chi connectivity index (χ4v) is 2.99. The van der Waals surface area contributed by atoms with Crippen molar-refractivity contribution >= 4 is 17.6 Å². The standard InChI is InChI=1S/C24H21NO6/c1-16(23(26)25-18-11-12-21-22(13-18)30-15-29-21)31-24(27)19-9-5-6-10-20(19)28-14-17-7-3-2-4-8-17/h2-13,16H,14-15H2,1H3,(H,25,26)/t16-/m1/s1. The van der Waals surface area contributed by atoms with Crippen molar-refractivity contribution in [3.63, 3.8) is 0 Å². The van der Waals surface area contributed by atoms with Crippen molar-refractivity contribution < 1.29 is 28.5 Å². The van der Waals surface area contributed by atoms with Gasteiger partial charge in [0.2, 0.25) is 6.79 Å². The number of nitrogens with one attached hydrogen (secondary N) is 1. The maximum absolute atomic E-state index is 12.7. The van der Waals surface area contributed by atoms with Gasteiger partial charge in [0.05, 0.1) is 0 Å². The molecule has 1 N–H and O–H groups in total. The molecule has 0 fully saturated rings. The maximum Gasteiger partial charge on any atom is 0.342 e. The molecule has 0 radical (unpaired) electrons. The first-order chi connectivity index (χ1) is 15.1. The second-order valence-corrected chi connectivity index (χ2v) is 6.88. The Kier molecular flexibility index (Phi) is 6.03. The number of ether oxygens (including phenoxy) is 4. The predicted octanol–water partition coefficient (Wildman–Crippen LogP) is 4.18. The lowest BCUT2D eigenvalue weighted by Gasteiger charge is -2.15. The lowest BCUT2D eigenvalue weighted by atomic mass is 10.2. The summed E-state index contributed by atoms with van der Waals surface area (Å²) in [5, 5.41) is 2.71. The Labute approximate surface area is 179 Å². The molecule has 7 nitrogen and oxygen atoms in total. The molecule has 1 atom stereocenters. The van der Waals surface area contributed by atoms with E-state index < -0.39 is 18.0 Å². The Morgan fingerprint density at radius 3 is 2.55 bits per heavy atom. The number of para-hydroxylation sites is 1. The summed E-state index contributed by atoms with van der Waals surface area (Å²) in [6, 6.07) is 21.4. The highest BCUT2D eigenvalue weighted by molar-refractivity contribution is 5.98. The molecule has 0 saturated heterocycles. The highest BCUT2D eigenvalue weighted by Gasteiger charge is 2.22. The number of carbonyl (C=O) groups is 2. The Bertz CT molecular complexity index is 1080. The van der Waals surface area contributed by atoms with E-state index in [0.717, 1.165) is 5.56 Å². The van der Waals surface area contributed by atoms with Crippen LogP contribution >= 0.6 is 0 Å². The average Bonchev–Trinajstić information content (AvgIpc) is 3.26. The molecule has 1 heterocycles. The molecule has 0 aliphatic carbocycles. The fourth-order valence-electron chi connectivity index (χ4n) is 2.99. The smallest absolute Gasteiger partial charge is 0.342 e. The van der Waals surface area contributed by atoms with Crippen molar-refractivity contribution in [3.8, 4) is 17.2 Å². The summed E-state index contributed by atoms with van der Waals surface area (Å²) < 4.78 is 21.7. The fraction of sp³-hybridized carbons (Fsp3) is 0.167. The topological polar surface area (TPSA) is 83.1 Å². The number of amides is 1. The summed E-state index contributed by atoms with van der Waals surface area (Å²) in [4.78, 5) is 25.2. The molecule has 7 heteroatoms. The third kappa shape index (κ3) is 4.95. The van der Waals surface area contributed by atoms with Gasteiger partial charge in [-0.15, -0.1) is 0 Å². The first-order valence-electron chi connectivity index (χ1n) is 9.77. The Morgan fingerprint density at radius 2 is 1.71 bits per heavy atom. The number of hydrogen-bond donors (Lipinski definition) is 1. The van der Waals surface area contributed by atoms with Gasteiger partial charge in [-0.25, -0.2) is 4.79 Å². The van der Waals surface area contributed by atoms with Gasteiger partial charge in [0, 0.05) is 11.8 Å². The van der Waals surface area contributed by atoms with E-state index in [1.54, 1.807) is 42.5 Å². The molecule has 158 valence electrons. The van der Waals surface area contributed by atoms with Crippen molar-refractivity contribution in [3.05, 3.63) is 83.9 Å². The Hall–Kier alpha value is -4.00. The zero-order chi connectivity index (χ0) is 21.6. The normalized spacial score (nSPS) is 12.7. The Balaban J connectivity index is 1.37. The van der Waals surface area contributed by atoms with Crippen LogP contribution in [0.4, 0.5) is 5.69 Å². The van der Waals surface area contributed by atoms with E-state index in [9.17, 15) is 9.59 Å². The van der Waals surface area contributed by atoms with Crippen molar-refractivity contribution in [2.24, 2.45) is 0 Å². The second-order valence-electron chi connectivity index (χ2n) is 6.88. The molecule has 0 spiro atoms. The number of benzene rings is 3. The van der Waals surface area contributed by atoms with E-state index >= 15 is 0 Å². The molecule has 31 heavy (non-hydrogen) atoms. The lowest BCUT2D eigenvalue weighted by Crippen LogP contribution is -2.30. The predicted molar refractivity (Wildman–Crippen MR) is 113 cm³/mol. The summed E-state index contributed by atoms with van der Waals surface area (Å²) in [5.74, 6) is 0.447. The van der Waals surface area contributed by atoms with Crippen LogP contribution in [0.2, 0.25) is 0 Å². The van der Waals surface area contributed by atoms with Crippen LogP contribution in [-0.4, -0.2) is 24.8 Å². The minimum absolute atomic E-state index is 0.145. The van der Waals surface area contributed by atoms with Gasteiger partial charge in [0.1, 0.15) is 17.9 Å². The van der Waals surface area contributed by atoms with Gasteiger partial charge in [-0.05, 0) is 36.8 Å². The van der Waals surface area contributed by atoms with E-state index in [1.165, 1.54) is 6.92 Å². The molecular weight excluding hydrogens is 398 g/mol. The van der Waals surface area contributed by atoms with Gasteiger partial charge in [0.15, 0.2) is 17.6 Å². The third-order valence-electron chi connectivity index (χ3n) is 4.64. The van der Waals surface area contributed by atoms with Gasteiger partial charge in [-0.1, -0.05) is 42.5 Å². The van der Waals surface area contributed by atoms with Crippen LogP contribution in [0, 0.1) is 0 Å². The van der Waals surface area contributed by atoms with Gasteiger partial charge >= 0.3 is 5.97 Å². The highest BCUT2D eigenvalue weighted by atomic mass is 16.7. The molecule has 4 rings (SSSR count). The highest BCUT2D eigenvalue weighted by Crippen LogP contribution is 2.34. The first kappa shape index (κ1) is 20.3. The molecule has 3 aromatic carbocycles. The monoisotopic (exact) mass is 419 g/mol. The summed E-state index contributed by atoms with van der Waals surface area (Å²) >= 11 is 0. The molecule has 0 saturated carbocycles. The number of carbonyl (C=O) groups excluding carboxylic acids is 2. The second kappa shape index (κ2) is 9.21. The number of hydrogen-bond acceptors (Lipinski definition) is 6. The van der Waals surface area contributed by atoms with E-state index in [0.29, 0.717) is 29.5 Å². The minimum Gasteiger partial charge on any atom is -0.488 e. The number of fused-ring (bicyclic) bond motifs is 1. The zero-order valence-electron chi connectivity index (χ0n) is 16.9. The van der Waals surface area contributed by atoms with Crippen LogP contribution < -0.4 is 19.5 Å². The molecule has 1 aliphatic heterocycles.